The highest BCUT2D eigenvalue weighted by molar-refractivity contribution is 14.0. The van der Waals surface area contributed by atoms with E-state index in [9.17, 15) is 0 Å². The normalized spacial score (nSPS) is 16.7. The fraction of sp³-hybridized carbons (Fsp3) is 0.611. The summed E-state index contributed by atoms with van der Waals surface area (Å²) in [5, 5.41) is 7.45. The third-order valence-corrected chi connectivity index (χ3v) is 5.45. The van der Waals surface area contributed by atoms with Crippen LogP contribution < -0.4 is 10.6 Å². The smallest absolute Gasteiger partial charge is 0.191 e. The molecule has 0 aliphatic carbocycles. The summed E-state index contributed by atoms with van der Waals surface area (Å²) in [7, 11) is 1.77. The molecule has 1 heterocycles. The van der Waals surface area contributed by atoms with Crippen molar-refractivity contribution in [3.05, 3.63) is 29.3 Å². The molecule has 0 aromatic heterocycles. The molecule has 5 nitrogen and oxygen atoms in total. The average Bonchev–Trinajstić information content (AvgIpc) is 2.65. The van der Waals surface area contributed by atoms with Gasteiger partial charge in [0.1, 0.15) is 0 Å². The van der Waals surface area contributed by atoms with Gasteiger partial charge in [0.2, 0.25) is 0 Å². The molecular formula is C18H29ClIN3O2S. The number of benzene rings is 1. The Morgan fingerprint density at radius 1 is 1.27 bits per heavy atom. The second kappa shape index (κ2) is 13.0. The van der Waals surface area contributed by atoms with Crippen molar-refractivity contribution < 1.29 is 9.47 Å². The standard InChI is InChI=1S/C18H28ClN3O2S.HI/c1-3-20-17(22-14-18(23-2)8-11-24-12-9-18)21-10-13-25-16-6-4-15(19)5-7-16;/h4-7H,3,8-14H2,1-2H3,(H2,20,21,22);1H. The Hall–Kier alpha value is -0.220. The van der Waals surface area contributed by atoms with E-state index in [2.05, 4.69) is 17.6 Å². The van der Waals surface area contributed by atoms with Gasteiger partial charge in [0, 0.05) is 61.9 Å². The Labute approximate surface area is 183 Å². The lowest BCUT2D eigenvalue weighted by Crippen LogP contribution is -2.44. The molecule has 1 aliphatic rings. The van der Waals surface area contributed by atoms with Crippen molar-refractivity contribution in [1.82, 2.24) is 10.6 Å². The molecule has 26 heavy (non-hydrogen) atoms. The molecule has 1 aliphatic heterocycles. The molecule has 1 fully saturated rings. The molecule has 8 heteroatoms. The maximum absolute atomic E-state index is 5.91. The van der Waals surface area contributed by atoms with Gasteiger partial charge in [0.05, 0.1) is 12.1 Å². The number of nitrogens with one attached hydrogen (secondary N) is 2. The van der Waals surface area contributed by atoms with E-state index < -0.39 is 0 Å². The minimum atomic E-state index is -0.196. The molecule has 1 aromatic carbocycles. The van der Waals surface area contributed by atoms with Gasteiger partial charge in [-0.3, -0.25) is 4.99 Å². The quantitative estimate of drug-likeness (QED) is 0.182. The summed E-state index contributed by atoms with van der Waals surface area (Å²) in [6.45, 7) is 5.87. The van der Waals surface area contributed by atoms with Crippen LogP contribution in [0.25, 0.3) is 0 Å². The molecule has 0 atom stereocenters. The van der Waals surface area contributed by atoms with Gasteiger partial charge in [-0.25, -0.2) is 0 Å². The molecular weight excluding hydrogens is 485 g/mol. The predicted octanol–water partition coefficient (Wildman–Crippen LogP) is 3.80. The van der Waals surface area contributed by atoms with Crippen molar-refractivity contribution >= 4 is 53.3 Å². The second-order valence-corrected chi connectivity index (χ2v) is 7.53. The van der Waals surface area contributed by atoms with Gasteiger partial charge in [-0.05, 0) is 31.2 Å². The fourth-order valence-corrected chi connectivity index (χ4v) is 3.50. The molecule has 0 unspecified atom stereocenters. The lowest BCUT2D eigenvalue weighted by Gasteiger charge is -2.34. The number of methoxy groups -OCH3 is 1. The first-order valence-electron chi connectivity index (χ1n) is 8.71. The van der Waals surface area contributed by atoms with Crippen LogP contribution in [-0.4, -0.2) is 57.3 Å². The summed E-state index contributed by atoms with van der Waals surface area (Å²) < 4.78 is 11.2. The Morgan fingerprint density at radius 2 is 1.96 bits per heavy atom. The topological polar surface area (TPSA) is 54.9 Å². The number of hydrogen-bond donors (Lipinski definition) is 2. The third-order valence-electron chi connectivity index (χ3n) is 4.18. The van der Waals surface area contributed by atoms with E-state index in [1.165, 1.54) is 4.90 Å². The number of aliphatic imine (C=N–C) groups is 1. The van der Waals surface area contributed by atoms with E-state index in [1.54, 1.807) is 18.9 Å². The van der Waals surface area contributed by atoms with Gasteiger partial charge in [0.15, 0.2) is 5.96 Å². The molecule has 2 rings (SSSR count). The molecule has 0 bridgehead atoms. The Balaban J connectivity index is 0.00000338. The van der Waals surface area contributed by atoms with Crippen molar-refractivity contribution in [1.29, 1.82) is 0 Å². The van der Waals surface area contributed by atoms with Crippen LogP contribution in [0.15, 0.2) is 34.2 Å². The molecule has 0 saturated carbocycles. The van der Waals surface area contributed by atoms with Gasteiger partial charge in [-0.15, -0.1) is 35.7 Å². The van der Waals surface area contributed by atoms with Crippen molar-refractivity contribution in [3.63, 3.8) is 0 Å². The summed E-state index contributed by atoms with van der Waals surface area (Å²) in [6.07, 6.45) is 1.78. The Kier molecular flexibility index (Phi) is 11.9. The first-order chi connectivity index (χ1) is 12.2. The predicted molar refractivity (Wildman–Crippen MR) is 121 cm³/mol. The van der Waals surface area contributed by atoms with Crippen LogP contribution >= 0.6 is 47.3 Å². The Bertz CT molecular complexity index is 540. The molecule has 0 spiro atoms. The minimum Gasteiger partial charge on any atom is -0.381 e. The highest BCUT2D eigenvalue weighted by Crippen LogP contribution is 2.24. The molecule has 2 N–H and O–H groups in total. The maximum atomic E-state index is 5.91. The largest absolute Gasteiger partial charge is 0.381 e. The lowest BCUT2D eigenvalue weighted by atomic mass is 9.94. The minimum absolute atomic E-state index is 0. The van der Waals surface area contributed by atoms with E-state index in [0.717, 1.165) is 55.9 Å². The summed E-state index contributed by atoms with van der Waals surface area (Å²) in [6, 6.07) is 7.92. The molecule has 1 saturated heterocycles. The number of rotatable bonds is 8. The van der Waals surface area contributed by atoms with Crippen LogP contribution in [0.1, 0.15) is 19.8 Å². The summed E-state index contributed by atoms with van der Waals surface area (Å²) in [4.78, 5) is 5.94. The highest BCUT2D eigenvalue weighted by Gasteiger charge is 2.32. The fourth-order valence-electron chi connectivity index (χ4n) is 2.60. The zero-order valence-electron chi connectivity index (χ0n) is 15.4. The summed E-state index contributed by atoms with van der Waals surface area (Å²) >= 11 is 7.70. The zero-order chi connectivity index (χ0) is 18.0. The zero-order valence-corrected chi connectivity index (χ0v) is 19.3. The average molecular weight is 514 g/mol. The first-order valence-corrected chi connectivity index (χ1v) is 10.1. The van der Waals surface area contributed by atoms with Crippen molar-refractivity contribution in [2.24, 2.45) is 4.99 Å². The van der Waals surface area contributed by atoms with E-state index in [0.29, 0.717) is 6.54 Å². The first kappa shape index (κ1) is 23.8. The number of hydrogen-bond acceptors (Lipinski definition) is 4. The van der Waals surface area contributed by atoms with Crippen molar-refractivity contribution in [2.75, 3.05) is 45.7 Å². The highest BCUT2D eigenvalue weighted by atomic mass is 127. The third kappa shape index (κ3) is 8.21. The van der Waals surface area contributed by atoms with Crippen LogP contribution in [0.3, 0.4) is 0 Å². The molecule has 0 amide bonds. The van der Waals surface area contributed by atoms with Gasteiger partial charge in [-0.1, -0.05) is 11.6 Å². The van der Waals surface area contributed by atoms with Crippen LogP contribution in [-0.2, 0) is 9.47 Å². The van der Waals surface area contributed by atoms with Crippen LogP contribution in [0.2, 0.25) is 5.02 Å². The number of ether oxygens (including phenoxy) is 2. The van der Waals surface area contributed by atoms with Gasteiger partial charge in [0.25, 0.3) is 0 Å². The maximum Gasteiger partial charge on any atom is 0.191 e. The van der Waals surface area contributed by atoms with Gasteiger partial charge in [-0.2, -0.15) is 0 Å². The molecule has 1 aromatic rings. The van der Waals surface area contributed by atoms with Crippen LogP contribution in [0.5, 0.6) is 0 Å². The number of halogens is 2. The second-order valence-electron chi connectivity index (χ2n) is 5.92. The Morgan fingerprint density at radius 3 is 2.58 bits per heavy atom. The van der Waals surface area contributed by atoms with E-state index >= 15 is 0 Å². The monoisotopic (exact) mass is 513 g/mol. The van der Waals surface area contributed by atoms with Crippen LogP contribution in [0.4, 0.5) is 0 Å². The molecule has 0 radical (unpaired) electrons. The summed E-state index contributed by atoms with van der Waals surface area (Å²) in [5.41, 5.74) is -0.196. The van der Waals surface area contributed by atoms with E-state index in [-0.39, 0.29) is 29.6 Å². The van der Waals surface area contributed by atoms with Gasteiger partial charge < -0.3 is 20.1 Å². The van der Waals surface area contributed by atoms with Crippen molar-refractivity contribution in [3.8, 4) is 0 Å². The SMILES string of the molecule is CCNC(=NCC1(OC)CCOCC1)NCCSc1ccc(Cl)cc1.I. The van der Waals surface area contributed by atoms with Crippen molar-refractivity contribution in [2.45, 2.75) is 30.3 Å². The number of nitrogens with zero attached hydrogens (tertiary/aromatic N) is 1. The number of thioether (sulfide) groups is 1. The lowest BCUT2D eigenvalue weighted by molar-refractivity contribution is -0.0828. The molecule has 148 valence electrons. The van der Waals surface area contributed by atoms with Crippen LogP contribution in [0, 0.1) is 0 Å². The number of guanidine groups is 1. The van der Waals surface area contributed by atoms with E-state index in [4.69, 9.17) is 26.1 Å². The van der Waals surface area contributed by atoms with Gasteiger partial charge >= 0.3 is 0 Å². The van der Waals surface area contributed by atoms with E-state index in [1.807, 2.05) is 24.3 Å². The summed E-state index contributed by atoms with van der Waals surface area (Å²) in [5.74, 6) is 1.79.